The van der Waals surface area contributed by atoms with Crippen LogP contribution in [0.4, 0.5) is 0 Å². The maximum absolute atomic E-state index is 8.68. The van der Waals surface area contributed by atoms with Crippen molar-refractivity contribution < 1.29 is 4.52 Å². The summed E-state index contributed by atoms with van der Waals surface area (Å²) in [5.74, 6) is 2.45. The molecule has 1 heterocycles. The van der Waals surface area contributed by atoms with Crippen LogP contribution < -0.4 is 0 Å². The van der Waals surface area contributed by atoms with Crippen LogP contribution in [0.3, 0.4) is 0 Å². The third-order valence-corrected chi connectivity index (χ3v) is 3.39. The van der Waals surface area contributed by atoms with Crippen molar-refractivity contribution in [3.63, 3.8) is 0 Å². The lowest BCUT2D eigenvalue weighted by Crippen LogP contribution is -1.91. The van der Waals surface area contributed by atoms with Gasteiger partial charge >= 0.3 is 0 Å². The van der Waals surface area contributed by atoms with Crippen LogP contribution in [0.1, 0.15) is 37.9 Å². The van der Waals surface area contributed by atoms with Gasteiger partial charge in [0.15, 0.2) is 5.82 Å². The third kappa shape index (κ3) is 2.51. The Morgan fingerprint density at radius 1 is 1.67 bits per heavy atom. The van der Waals surface area contributed by atoms with Crippen LogP contribution in [0.15, 0.2) is 4.52 Å². The van der Waals surface area contributed by atoms with E-state index in [1.54, 1.807) is 11.8 Å². The SMILES string of the molecule is CC(C)SCc1noc(C2CC2C#N)n1. The largest absolute Gasteiger partial charge is 0.339 e. The summed E-state index contributed by atoms with van der Waals surface area (Å²) in [7, 11) is 0. The standard InChI is InChI=1S/C10H13N3OS/c1-6(2)15-5-9-12-10(14-13-9)8-3-7(8)4-11/h6-8H,3,5H2,1-2H3. The minimum absolute atomic E-state index is 0.0936. The highest BCUT2D eigenvalue weighted by Gasteiger charge is 2.43. The Hall–Kier alpha value is -1.02. The first-order chi connectivity index (χ1) is 7.20. The third-order valence-electron chi connectivity index (χ3n) is 2.30. The molecule has 5 heteroatoms. The second kappa shape index (κ2) is 4.23. The average Bonchev–Trinajstić information content (AvgIpc) is 2.86. The van der Waals surface area contributed by atoms with Crippen molar-refractivity contribution in [3.05, 3.63) is 11.7 Å². The Morgan fingerprint density at radius 2 is 2.47 bits per heavy atom. The molecule has 1 saturated carbocycles. The van der Waals surface area contributed by atoms with E-state index in [0.717, 1.165) is 18.0 Å². The molecule has 1 aliphatic rings. The molecule has 0 amide bonds. The molecule has 0 N–H and O–H groups in total. The van der Waals surface area contributed by atoms with E-state index in [1.807, 2.05) is 0 Å². The number of nitrogens with zero attached hydrogens (tertiary/aromatic N) is 3. The van der Waals surface area contributed by atoms with Crippen LogP contribution in [-0.2, 0) is 5.75 Å². The van der Waals surface area contributed by atoms with Gasteiger partial charge in [-0.2, -0.15) is 22.0 Å². The molecule has 15 heavy (non-hydrogen) atoms. The summed E-state index contributed by atoms with van der Waals surface area (Å²) in [5.41, 5.74) is 0. The molecule has 80 valence electrons. The summed E-state index contributed by atoms with van der Waals surface area (Å²) >= 11 is 1.79. The predicted octanol–water partition coefficient (Wildman–Crippen LogP) is 2.34. The van der Waals surface area contributed by atoms with E-state index < -0.39 is 0 Å². The zero-order valence-electron chi connectivity index (χ0n) is 8.80. The normalized spacial score (nSPS) is 24.1. The quantitative estimate of drug-likeness (QED) is 0.784. The van der Waals surface area contributed by atoms with Crippen molar-refractivity contribution in [1.82, 2.24) is 10.1 Å². The van der Waals surface area contributed by atoms with Crippen molar-refractivity contribution in [2.45, 2.75) is 37.2 Å². The van der Waals surface area contributed by atoms with E-state index in [1.165, 1.54) is 0 Å². The van der Waals surface area contributed by atoms with E-state index in [4.69, 9.17) is 9.78 Å². The van der Waals surface area contributed by atoms with Crippen LogP contribution in [0.25, 0.3) is 0 Å². The molecule has 4 nitrogen and oxygen atoms in total. The lowest BCUT2D eigenvalue weighted by Gasteiger charge is -1.98. The van der Waals surface area contributed by atoms with Crippen molar-refractivity contribution >= 4 is 11.8 Å². The van der Waals surface area contributed by atoms with Crippen LogP contribution in [-0.4, -0.2) is 15.4 Å². The first-order valence-corrected chi connectivity index (χ1v) is 6.09. The summed E-state index contributed by atoms with van der Waals surface area (Å²) < 4.78 is 5.13. The molecule has 0 aliphatic heterocycles. The maximum atomic E-state index is 8.68. The molecule has 0 radical (unpaired) electrons. The molecule has 0 bridgehead atoms. The topological polar surface area (TPSA) is 62.7 Å². The fourth-order valence-corrected chi connectivity index (χ4v) is 1.93. The zero-order chi connectivity index (χ0) is 10.8. The van der Waals surface area contributed by atoms with Crippen LogP contribution in [0.2, 0.25) is 0 Å². The number of aromatic nitrogens is 2. The molecule has 1 aromatic heterocycles. The lowest BCUT2D eigenvalue weighted by atomic mass is 10.3. The fourth-order valence-electron chi connectivity index (χ4n) is 1.33. The predicted molar refractivity (Wildman–Crippen MR) is 57.2 cm³/mol. The molecule has 2 unspecified atom stereocenters. The van der Waals surface area contributed by atoms with E-state index in [0.29, 0.717) is 11.1 Å². The van der Waals surface area contributed by atoms with Gasteiger partial charge in [-0.15, -0.1) is 0 Å². The molecular formula is C10H13N3OS. The maximum Gasteiger partial charge on any atom is 0.231 e. The van der Waals surface area contributed by atoms with Crippen molar-refractivity contribution in [1.29, 1.82) is 5.26 Å². The Bertz CT molecular complexity index is 382. The molecule has 1 aromatic rings. The molecule has 0 aromatic carbocycles. The summed E-state index contributed by atoms with van der Waals surface area (Å²) in [6.07, 6.45) is 0.870. The smallest absolute Gasteiger partial charge is 0.231 e. The number of thioether (sulfide) groups is 1. The summed E-state index contributed by atoms with van der Waals surface area (Å²) in [6, 6.07) is 2.21. The number of hydrogen-bond donors (Lipinski definition) is 0. The highest BCUT2D eigenvalue weighted by molar-refractivity contribution is 7.99. The average molecular weight is 223 g/mol. The van der Waals surface area contributed by atoms with Gasteiger partial charge in [0.1, 0.15) is 0 Å². The van der Waals surface area contributed by atoms with Crippen LogP contribution >= 0.6 is 11.8 Å². The van der Waals surface area contributed by atoms with Crippen molar-refractivity contribution in [3.8, 4) is 6.07 Å². The Morgan fingerprint density at radius 3 is 3.07 bits per heavy atom. The van der Waals surface area contributed by atoms with Gasteiger partial charge < -0.3 is 4.52 Å². The van der Waals surface area contributed by atoms with E-state index in [2.05, 4.69) is 30.1 Å². The molecule has 2 rings (SSSR count). The molecule has 0 spiro atoms. The fraction of sp³-hybridized carbons (Fsp3) is 0.700. The minimum Gasteiger partial charge on any atom is -0.339 e. The first kappa shape index (κ1) is 10.5. The number of rotatable bonds is 4. The van der Waals surface area contributed by atoms with Gasteiger partial charge in [-0.05, 0) is 11.7 Å². The molecule has 2 atom stereocenters. The van der Waals surface area contributed by atoms with E-state index >= 15 is 0 Å². The monoisotopic (exact) mass is 223 g/mol. The Kier molecular flexibility index (Phi) is 2.96. The zero-order valence-corrected chi connectivity index (χ0v) is 9.62. The Balaban J connectivity index is 1.91. The summed E-state index contributed by atoms with van der Waals surface area (Å²) in [5, 5.41) is 13.1. The van der Waals surface area contributed by atoms with Crippen LogP contribution in [0.5, 0.6) is 0 Å². The first-order valence-electron chi connectivity index (χ1n) is 5.04. The van der Waals surface area contributed by atoms with Gasteiger partial charge in [-0.1, -0.05) is 19.0 Å². The molecular weight excluding hydrogens is 210 g/mol. The van der Waals surface area contributed by atoms with Gasteiger partial charge in [0.05, 0.1) is 23.7 Å². The number of hydrogen-bond acceptors (Lipinski definition) is 5. The molecule has 1 aliphatic carbocycles. The second-order valence-electron chi connectivity index (χ2n) is 3.99. The summed E-state index contributed by atoms with van der Waals surface area (Å²) in [6.45, 7) is 4.27. The van der Waals surface area contributed by atoms with E-state index in [9.17, 15) is 0 Å². The van der Waals surface area contributed by atoms with Crippen molar-refractivity contribution in [2.24, 2.45) is 5.92 Å². The highest BCUT2D eigenvalue weighted by atomic mass is 32.2. The highest BCUT2D eigenvalue weighted by Crippen LogP contribution is 2.46. The molecule has 0 saturated heterocycles. The van der Waals surface area contributed by atoms with Gasteiger partial charge in [0.25, 0.3) is 0 Å². The van der Waals surface area contributed by atoms with Crippen molar-refractivity contribution in [2.75, 3.05) is 0 Å². The summed E-state index contributed by atoms with van der Waals surface area (Å²) in [4.78, 5) is 4.29. The van der Waals surface area contributed by atoms with Gasteiger partial charge in [-0.3, -0.25) is 0 Å². The molecule has 1 fully saturated rings. The Labute approximate surface area is 93.0 Å². The second-order valence-corrected chi connectivity index (χ2v) is 5.55. The van der Waals surface area contributed by atoms with E-state index in [-0.39, 0.29) is 11.8 Å². The van der Waals surface area contributed by atoms with Crippen LogP contribution in [0, 0.1) is 17.2 Å². The lowest BCUT2D eigenvalue weighted by molar-refractivity contribution is 0.373. The van der Waals surface area contributed by atoms with Gasteiger partial charge in [0, 0.05) is 0 Å². The van der Waals surface area contributed by atoms with Gasteiger partial charge in [0.2, 0.25) is 5.89 Å². The van der Waals surface area contributed by atoms with Gasteiger partial charge in [-0.25, -0.2) is 0 Å². The number of nitriles is 1. The minimum atomic E-state index is 0.0936.